The molecule has 0 aliphatic heterocycles. The highest BCUT2D eigenvalue weighted by Gasteiger charge is 2.10. The second-order valence-electron chi connectivity index (χ2n) is 4.22. The van der Waals surface area contributed by atoms with Crippen molar-refractivity contribution in [3.8, 4) is 11.1 Å². The third kappa shape index (κ3) is 2.49. The average Bonchev–Trinajstić information content (AvgIpc) is 2.46. The van der Waals surface area contributed by atoms with E-state index in [4.69, 9.17) is 5.73 Å². The van der Waals surface area contributed by atoms with Crippen LogP contribution in [0, 0.1) is 0 Å². The molecule has 0 atom stereocenters. The smallest absolute Gasteiger partial charge is 0.163 e. The van der Waals surface area contributed by atoms with Crippen LogP contribution in [0.15, 0.2) is 48.5 Å². The summed E-state index contributed by atoms with van der Waals surface area (Å²) in [5.74, 6) is 0.175. The number of nitrogens with two attached hydrogens (primary N) is 1. The van der Waals surface area contributed by atoms with Crippen LogP contribution < -0.4 is 5.73 Å². The van der Waals surface area contributed by atoms with E-state index in [9.17, 15) is 4.79 Å². The molecule has 0 aromatic heterocycles. The first-order valence-corrected chi connectivity index (χ1v) is 6.18. The molecule has 2 N–H and O–H groups in total. The molecule has 0 saturated heterocycles. The lowest BCUT2D eigenvalue weighted by Gasteiger charge is -2.08. The molecule has 18 heavy (non-hydrogen) atoms. The summed E-state index contributed by atoms with van der Waals surface area (Å²) in [4.78, 5) is 11.9. The first-order valence-electron chi connectivity index (χ1n) is 6.18. The van der Waals surface area contributed by atoms with Crippen molar-refractivity contribution in [1.29, 1.82) is 0 Å². The van der Waals surface area contributed by atoms with Crippen LogP contribution in [0.2, 0.25) is 0 Å². The molecular weight excluding hydrogens is 222 g/mol. The fourth-order valence-corrected chi connectivity index (χ4v) is 1.99. The third-order valence-corrected chi connectivity index (χ3v) is 3.05. The zero-order chi connectivity index (χ0) is 13.0. The molecule has 2 heteroatoms. The molecular formula is C16H17NO. The van der Waals surface area contributed by atoms with Crippen LogP contribution in [0.25, 0.3) is 11.1 Å². The highest BCUT2D eigenvalue weighted by Crippen LogP contribution is 2.25. The van der Waals surface area contributed by atoms with Crippen molar-refractivity contribution in [2.75, 3.05) is 0 Å². The Labute approximate surface area is 107 Å². The SMILES string of the molecule is CCC(=O)c1ccccc1-c1ccc(CN)cc1. The van der Waals surface area contributed by atoms with Crippen molar-refractivity contribution in [3.63, 3.8) is 0 Å². The number of rotatable bonds is 4. The largest absolute Gasteiger partial charge is 0.326 e. The summed E-state index contributed by atoms with van der Waals surface area (Å²) in [5, 5.41) is 0. The van der Waals surface area contributed by atoms with Crippen LogP contribution in [-0.2, 0) is 6.54 Å². The van der Waals surface area contributed by atoms with Crippen LogP contribution in [0.3, 0.4) is 0 Å². The molecule has 0 radical (unpaired) electrons. The van der Waals surface area contributed by atoms with Gasteiger partial charge in [0.1, 0.15) is 0 Å². The Morgan fingerprint density at radius 2 is 1.72 bits per heavy atom. The van der Waals surface area contributed by atoms with E-state index in [0.717, 1.165) is 22.3 Å². The Kier molecular flexibility index (Phi) is 3.90. The quantitative estimate of drug-likeness (QED) is 0.831. The maximum Gasteiger partial charge on any atom is 0.163 e. The van der Waals surface area contributed by atoms with Gasteiger partial charge in [-0.1, -0.05) is 55.5 Å². The maximum absolute atomic E-state index is 11.9. The van der Waals surface area contributed by atoms with E-state index in [2.05, 4.69) is 0 Å². The van der Waals surface area contributed by atoms with E-state index in [1.54, 1.807) is 0 Å². The van der Waals surface area contributed by atoms with Crippen molar-refractivity contribution in [2.24, 2.45) is 5.73 Å². The molecule has 0 fully saturated rings. The van der Waals surface area contributed by atoms with Gasteiger partial charge in [0, 0.05) is 18.5 Å². The lowest BCUT2D eigenvalue weighted by molar-refractivity contribution is 0.0989. The minimum atomic E-state index is 0.175. The van der Waals surface area contributed by atoms with Gasteiger partial charge in [0.05, 0.1) is 0 Å². The van der Waals surface area contributed by atoms with E-state index in [1.165, 1.54) is 0 Å². The molecule has 2 rings (SSSR count). The Bertz CT molecular complexity index is 543. The second-order valence-corrected chi connectivity index (χ2v) is 4.22. The molecule has 0 unspecified atom stereocenters. The molecule has 2 aromatic carbocycles. The Balaban J connectivity index is 2.46. The second kappa shape index (κ2) is 5.61. The summed E-state index contributed by atoms with van der Waals surface area (Å²) >= 11 is 0. The minimum absolute atomic E-state index is 0.175. The number of ketones is 1. The normalized spacial score (nSPS) is 10.3. The first kappa shape index (κ1) is 12.5. The van der Waals surface area contributed by atoms with E-state index < -0.39 is 0 Å². The molecule has 0 aliphatic rings. The predicted octanol–water partition coefficient (Wildman–Crippen LogP) is 3.41. The fourth-order valence-electron chi connectivity index (χ4n) is 1.99. The number of benzene rings is 2. The maximum atomic E-state index is 11.9. The van der Waals surface area contributed by atoms with Crippen molar-refractivity contribution in [3.05, 3.63) is 59.7 Å². The van der Waals surface area contributed by atoms with Gasteiger partial charge in [0.2, 0.25) is 0 Å². The Hall–Kier alpha value is -1.93. The highest BCUT2D eigenvalue weighted by molar-refractivity contribution is 6.02. The topological polar surface area (TPSA) is 43.1 Å². The zero-order valence-electron chi connectivity index (χ0n) is 10.5. The summed E-state index contributed by atoms with van der Waals surface area (Å²) in [7, 11) is 0. The molecule has 0 spiro atoms. The first-order chi connectivity index (χ1) is 8.76. The van der Waals surface area contributed by atoms with Gasteiger partial charge < -0.3 is 5.73 Å². The van der Waals surface area contributed by atoms with Gasteiger partial charge in [-0.3, -0.25) is 4.79 Å². The van der Waals surface area contributed by atoms with E-state index in [1.807, 2.05) is 55.5 Å². The molecule has 2 nitrogen and oxygen atoms in total. The summed E-state index contributed by atoms with van der Waals surface area (Å²) < 4.78 is 0. The molecule has 2 aromatic rings. The lowest BCUT2D eigenvalue weighted by atomic mass is 9.95. The predicted molar refractivity (Wildman–Crippen MR) is 74.4 cm³/mol. The standard InChI is InChI=1S/C16H17NO/c1-2-16(18)15-6-4-3-5-14(15)13-9-7-12(11-17)8-10-13/h3-10H,2,11,17H2,1H3. The van der Waals surface area contributed by atoms with E-state index >= 15 is 0 Å². The lowest BCUT2D eigenvalue weighted by Crippen LogP contribution is -2.00. The fraction of sp³-hybridized carbons (Fsp3) is 0.188. The highest BCUT2D eigenvalue weighted by atomic mass is 16.1. The van der Waals surface area contributed by atoms with Crippen LogP contribution in [0.4, 0.5) is 0 Å². The number of carbonyl (C=O) groups is 1. The van der Waals surface area contributed by atoms with Crippen molar-refractivity contribution < 1.29 is 4.79 Å². The summed E-state index contributed by atoms with van der Waals surface area (Å²) in [6.07, 6.45) is 0.526. The molecule has 0 saturated carbocycles. The molecule has 0 heterocycles. The van der Waals surface area contributed by atoms with Crippen LogP contribution in [0.1, 0.15) is 29.3 Å². The van der Waals surface area contributed by atoms with E-state index in [0.29, 0.717) is 13.0 Å². The molecule has 92 valence electrons. The Morgan fingerprint density at radius 3 is 2.33 bits per heavy atom. The third-order valence-electron chi connectivity index (χ3n) is 3.05. The van der Waals surface area contributed by atoms with Crippen molar-refractivity contribution in [1.82, 2.24) is 0 Å². The Morgan fingerprint density at radius 1 is 1.06 bits per heavy atom. The van der Waals surface area contributed by atoms with Gasteiger partial charge in [-0.2, -0.15) is 0 Å². The summed E-state index contributed by atoms with van der Waals surface area (Å²) in [6.45, 7) is 2.42. The van der Waals surface area contributed by atoms with Gasteiger partial charge in [-0.25, -0.2) is 0 Å². The molecule has 0 aliphatic carbocycles. The summed E-state index contributed by atoms with van der Waals surface area (Å²) in [6, 6.07) is 15.8. The van der Waals surface area contributed by atoms with Gasteiger partial charge >= 0.3 is 0 Å². The van der Waals surface area contributed by atoms with Crippen LogP contribution >= 0.6 is 0 Å². The monoisotopic (exact) mass is 239 g/mol. The van der Waals surface area contributed by atoms with Gasteiger partial charge in [-0.05, 0) is 16.7 Å². The number of Topliss-reactive ketones (excluding diaryl/α,β-unsaturated/α-hetero) is 1. The number of carbonyl (C=O) groups excluding carboxylic acids is 1. The number of hydrogen-bond acceptors (Lipinski definition) is 2. The van der Waals surface area contributed by atoms with Crippen molar-refractivity contribution >= 4 is 5.78 Å². The molecule has 0 amide bonds. The number of hydrogen-bond donors (Lipinski definition) is 1. The van der Waals surface area contributed by atoms with Crippen LogP contribution in [-0.4, -0.2) is 5.78 Å². The van der Waals surface area contributed by atoms with Gasteiger partial charge in [0.25, 0.3) is 0 Å². The minimum Gasteiger partial charge on any atom is -0.326 e. The zero-order valence-corrected chi connectivity index (χ0v) is 10.5. The van der Waals surface area contributed by atoms with Gasteiger partial charge in [-0.15, -0.1) is 0 Å². The average molecular weight is 239 g/mol. The molecule has 0 bridgehead atoms. The summed E-state index contributed by atoms with van der Waals surface area (Å²) in [5.41, 5.74) is 9.52. The van der Waals surface area contributed by atoms with Crippen molar-refractivity contribution in [2.45, 2.75) is 19.9 Å². The van der Waals surface area contributed by atoms with E-state index in [-0.39, 0.29) is 5.78 Å². The van der Waals surface area contributed by atoms with Gasteiger partial charge in [0.15, 0.2) is 5.78 Å². The van der Waals surface area contributed by atoms with Crippen LogP contribution in [0.5, 0.6) is 0 Å².